The number of benzene rings is 1. The van der Waals surface area contributed by atoms with Crippen molar-refractivity contribution in [2.75, 3.05) is 6.61 Å². The van der Waals surface area contributed by atoms with Gasteiger partial charge in [0.2, 0.25) is 0 Å². The van der Waals surface area contributed by atoms with Gasteiger partial charge in [0, 0.05) is 0 Å². The molecule has 25 heavy (non-hydrogen) atoms. The molecule has 3 aliphatic rings. The summed E-state index contributed by atoms with van der Waals surface area (Å²) in [5, 5.41) is 12.0. The zero-order chi connectivity index (χ0) is 17.9. The van der Waals surface area contributed by atoms with Crippen molar-refractivity contribution in [3.8, 4) is 0 Å². The van der Waals surface area contributed by atoms with Crippen LogP contribution in [-0.4, -0.2) is 25.5 Å². The van der Waals surface area contributed by atoms with E-state index in [0.717, 1.165) is 5.92 Å². The van der Waals surface area contributed by atoms with Gasteiger partial charge in [-0.25, -0.2) is 0 Å². The Morgan fingerprint density at radius 1 is 1.24 bits per heavy atom. The fraction of sp³-hybridized carbons (Fsp3) is 0.591. The molecule has 0 heterocycles. The molecule has 1 aromatic rings. The molecule has 2 atom stereocenters. The molecule has 4 rings (SSSR count). The Morgan fingerprint density at radius 2 is 1.88 bits per heavy atom. The standard InChI is InChI=1S/C22H28O2Se/c1-5-24-18(23)14-25-19-21(4)11-10-17(20(21,2)3)22(19)12-15-8-6-7-9-16(15)13-22/h6-9,14,17H,5,10-13H2,1-4H3/b18-14+. The molecule has 134 valence electrons. The van der Waals surface area contributed by atoms with Crippen molar-refractivity contribution in [3.05, 3.63) is 46.3 Å². The van der Waals surface area contributed by atoms with Crippen LogP contribution in [0.1, 0.15) is 51.7 Å². The van der Waals surface area contributed by atoms with Crippen LogP contribution in [0.4, 0.5) is 0 Å². The molecule has 3 aliphatic carbocycles. The van der Waals surface area contributed by atoms with E-state index in [1.54, 1.807) is 4.42 Å². The molecule has 2 bridgehead atoms. The van der Waals surface area contributed by atoms with Crippen molar-refractivity contribution in [2.24, 2.45) is 22.2 Å². The summed E-state index contributed by atoms with van der Waals surface area (Å²) in [5.41, 5.74) is 3.89. The summed E-state index contributed by atoms with van der Waals surface area (Å²) in [7, 11) is 0. The first-order valence-corrected chi connectivity index (χ1v) is 11.3. The van der Waals surface area contributed by atoms with E-state index in [4.69, 9.17) is 4.74 Å². The van der Waals surface area contributed by atoms with E-state index in [1.165, 1.54) is 36.8 Å². The van der Waals surface area contributed by atoms with Gasteiger partial charge < -0.3 is 0 Å². The molecule has 2 unspecified atom stereocenters. The first-order chi connectivity index (χ1) is 11.8. The Balaban J connectivity index is 1.83. The van der Waals surface area contributed by atoms with Crippen LogP contribution in [0.15, 0.2) is 35.2 Å². The fourth-order valence-corrected chi connectivity index (χ4v) is 9.16. The topological polar surface area (TPSA) is 32.3 Å². The van der Waals surface area contributed by atoms with Crippen molar-refractivity contribution in [2.45, 2.75) is 53.4 Å². The average Bonchev–Trinajstić information content (AvgIpc) is 3.07. The molecule has 2 fully saturated rings. The second kappa shape index (κ2) is 5.72. The van der Waals surface area contributed by atoms with Gasteiger partial charge in [-0.2, -0.15) is 0 Å². The van der Waals surface area contributed by atoms with Crippen molar-refractivity contribution in [1.29, 1.82) is 0 Å². The van der Waals surface area contributed by atoms with Gasteiger partial charge in [0.05, 0.1) is 0 Å². The molecule has 2 saturated carbocycles. The summed E-state index contributed by atoms with van der Waals surface area (Å²) >= 11 is 0.107. The van der Waals surface area contributed by atoms with Crippen LogP contribution in [0.3, 0.4) is 0 Å². The second-order valence-electron chi connectivity index (χ2n) is 8.74. The van der Waals surface area contributed by atoms with Crippen LogP contribution < -0.4 is 5.11 Å². The zero-order valence-corrected chi connectivity index (χ0v) is 17.4. The third kappa shape index (κ3) is 2.25. The Morgan fingerprint density at radius 3 is 2.48 bits per heavy atom. The van der Waals surface area contributed by atoms with Gasteiger partial charge >= 0.3 is 157 Å². The Kier molecular flexibility index (Phi) is 3.98. The average molecular weight is 403 g/mol. The van der Waals surface area contributed by atoms with E-state index in [9.17, 15) is 5.11 Å². The maximum atomic E-state index is 12.0. The van der Waals surface area contributed by atoms with Crippen molar-refractivity contribution in [1.82, 2.24) is 0 Å². The van der Waals surface area contributed by atoms with E-state index in [0.29, 0.717) is 12.0 Å². The molecule has 0 aliphatic heterocycles. The predicted octanol–water partition coefficient (Wildman–Crippen LogP) is 3.30. The first kappa shape index (κ1) is 17.4. The van der Waals surface area contributed by atoms with Crippen molar-refractivity contribution < 1.29 is 9.84 Å². The predicted molar refractivity (Wildman–Crippen MR) is 101 cm³/mol. The zero-order valence-electron chi connectivity index (χ0n) is 15.7. The minimum atomic E-state index is -0.134. The minimum absolute atomic E-state index is 0.107. The molecular weight excluding hydrogens is 375 g/mol. The number of rotatable bonds is 3. The van der Waals surface area contributed by atoms with Crippen LogP contribution in [0, 0.1) is 22.2 Å². The number of hydrogen-bond donors (Lipinski definition) is 0. The van der Waals surface area contributed by atoms with Gasteiger partial charge in [0.1, 0.15) is 0 Å². The van der Waals surface area contributed by atoms with Crippen LogP contribution in [0.2, 0.25) is 0 Å². The molecule has 0 radical (unpaired) electrons. The first-order valence-electron chi connectivity index (χ1n) is 9.46. The fourth-order valence-electron chi connectivity index (χ4n) is 6.16. The summed E-state index contributed by atoms with van der Waals surface area (Å²) in [4.78, 5) is 1.86. The molecule has 2 nitrogen and oxygen atoms in total. The van der Waals surface area contributed by atoms with E-state index < -0.39 is 0 Å². The van der Waals surface area contributed by atoms with Gasteiger partial charge in [0.15, 0.2) is 0 Å². The molecule has 0 amide bonds. The Bertz CT molecular complexity index is 736. The molecule has 0 N–H and O–H groups in total. The van der Waals surface area contributed by atoms with E-state index in [1.807, 2.05) is 11.9 Å². The summed E-state index contributed by atoms with van der Waals surface area (Å²) in [5.74, 6) is 0.592. The van der Waals surface area contributed by atoms with Gasteiger partial charge in [0.25, 0.3) is 0 Å². The van der Waals surface area contributed by atoms with E-state index in [2.05, 4.69) is 45.0 Å². The summed E-state index contributed by atoms with van der Waals surface area (Å²) < 4.78 is 6.87. The Labute approximate surface area is 157 Å². The van der Waals surface area contributed by atoms with E-state index >= 15 is 0 Å². The third-order valence-corrected chi connectivity index (χ3v) is 10.5. The molecule has 1 aromatic carbocycles. The third-order valence-electron chi connectivity index (χ3n) is 7.54. The number of fused-ring (bicyclic) bond motifs is 4. The maximum absolute atomic E-state index is 12.0. The van der Waals surface area contributed by atoms with Crippen LogP contribution >= 0.6 is 0 Å². The van der Waals surface area contributed by atoms with Crippen molar-refractivity contribution in [3.63, 3.8) is 0 Å². The van der Waals surface area contributed by atoms with Crippen LogP contribution in [0.25, 0.3) is 0 Å². The molecule has 1 spiro atoms. The SMILES string of the molecule is CCO/C([O-])=C/[Se+]=C1C2(Cc3ccccc3C2)C2CCC1(C)C2(C)C. The molecular formula is C22H28O2Se. The number of ether oxygens (including phenoxy) is 1. The van der Waals surface area contributed by atoms with Gasteiger partial charge in [-0.05, 0) is 0 Å². The van der Waals surface area contributed by atoms with Crippen LogP contribution in [0.5, 0.6) is 0 Å². The normalized spacial score (nSPS) is 33.2. The summed E-state index contributed by atoms with van der Waals surface area (Å²) in [6.45, 7) is 9.76. The monoisotopic (exact) mass is 404 g/mol. The molecule has 3 heteroatoms. The van der Waals surface area contributed by atoms with Crippen LogP contribution in [-0.2, 0) is 17.6 Å². The van der Waals surface area contributed by atoms with Gasteiger partial charge in [-0.1, -0.05) is 0 Å². The summed E-state index contributed by atoms with van der Waals surface area (Å²) in [6, 6.07) is 8.97. The summed E-state index contributed by atoms with van der Waals surface area (Å²) in [6.07, 6.45) is 4.94. The quantitative estimate of drug-likeness (QED) is 0.573. The Hall–Kier alpha value is -1.05. The molecule has 0 saturated heterocycles. The molecule has 0 aromatic heterocycles. The second-order valence-corrected chi connectivity index (χ2v) is 10.6. The van der Waals surface area contributed by atoms with Gasteiger partial charge in [-0.3, -0.25) is 0 Å². The number of hydrogen-bond acceptors (Lipinski definition) is 2. The van der Waals surface area contributed by atoms with Crippen molar-refractivity contribution >= 4 is 18.9 Å². The van der Waals surface area contributed by atoms with Gasteiger partial charge in [-0.15, -0.1) is 0 Å². The van der Waals surface area contributed by atoms with E-state index in [-0.39, 0.29) is 31.3 Å².